The van der Waals surface area contributed by atoms with E-state index < -0.39 is 0 Å². The van der Waals surface area contributed by atoms with Crippen LogP contribution in [0, 0.1) is 0 Å². The molecule has 0 radical (unpaired) electrons. The van der Waals surface area contributed by atoms with E-state index in [-0.39, 0.29) is 0 Å². The molecule has 0 fully saturated rings. The summed E-state index contributed by atoms with van der Waals surface area (Å²) in [5.41, 5.74) is 9.36. The molecule has 0 aliphatic rings. The Bertz CT molecular complexity index is 459. The van der Waals surface area contributed by atoms with E-state index in [1.165, 1.54) is 16.1 Å². The molecule has 1 heterocycles. The predicted molar refractivity (Wildman–Crippen MR) is 73.5 cm³/mol. The fourth-order valence-electron chi connectivity index (χ4n) is 1.76. The highest BCUT2D eigenvalue weighted by atomic mass is 32.1. The predicted octanol–water partition coefficient (Wildman–Crippen LogP) is 2.80. The minimum atomic E-state index is 0.675. The van der Waals surface area contributed by atoms with Gasteiger partial charge in [-0.3, -0.25) is 0 Å². The van der Waals surface area contributed by atoms with Crippen LogP contribution in [0.15, 0.2) is 29.6 Å². The van der Waals surface area contributed by atoms with Crippen LogP contribution in [0.3, 0.4) is 0 Å². The highest BCUT2D eigenvalue weighted by Gasteiger charge is 2.02. The Kier molecular flexibility index (Phi) is 4.29. The molecule has 0 saturated heterocycles. The minimum absolute atomic E-state index is 0.675. The molecule has 2 rings (SSSR count). The van der Waals surface area contributed by atoms with Crippen LogP contribution < -0.4 is 5.73 Å². The van der Waals surface area contributed by atoms with Gasteiger partial charge in [0.15, 0.2) is 0 Å². The molecule has 90 valence electrons. The second kappa shape index (κ2) is 5.94. The fourth-order valence-corrected chi connectivity index (χ4v) is 2.62. The zero-order valence-corrected chi connectivity index (χ0v) is 11.0. The highest BCUT2D eigenvalue weighted by molar-refractivity contribution is 7.09. The summed E-state index contributed by atoms with van der Waals surface area (Å²) in [4.78, 5) is 4.58. The van der Waals surface area contributed by atoms with E-state index in [0.717, 1.165) is 25.0 Å². The van der Waals surface area contributed by atoms with Gasteiger partial charge < -0.3 is 5.73 Å². The minimum Gasteiger partial charge on any atom is -0.330 e. The molecule has 2 N–H and O–H groups in total. The lowest BCUT2D eigenvalue weighted by atomic mass is 10.1. The molecule has 0 spiro atoms. The molecule has 0 aliphatic carbocycles. The van der Waals surface area contributed by atoms with Crippen molar-refractivity contribution in [1.29, 1.82) is 0 Å². The van der Waals surface area contributed by atoms with Gasteiger partial charge in [0.05, 0.1) is 10.7 Å². The van der Waals surface area contributed by atoms with Gasteiger partial charge in [0.1, 0.15) is 0 Å². The molecule has 1 aromatic heterocycles. The van der Waals surface area contributed by atoms with Crippen molar-refractivity contribution in [3.05, 3.63) is 51.5 Å². The molecule has 2 nitrogen and oxygen atoms in total. The molecule has 17 heavy (non-hydrogen) atoms. The Morgan fingerprint density at radius 3 is 2.53 bits per heavy atom. The van der Waals surface area contributed by atoms with Crippen LogP contribution >= 0.6 is 11.3 Å². The largest absolute Gasteiger partial charge is 0.330 e. The molecule has 0 saturated carbocycles. The number of nitrogens with two attached hydrogens (primary N) is 1. The SMILES string of the molecule is CCc1ccc(Cc2nc(CCN)cs2)cc1. The van der Waals surface area contributed by atoms with Gasteiger partial charge in [0.25, 0.3) is 0 Å². The van der Waals surface area contributed by atoms with Crippen LogP contribution in [0.4, 0.5) is 0 Å². The monoisotopic (exact) mass is 246 g/mol. The molecule has 0 bridgehead atoms. The fraction of sp³-hybridized carbons (Fsp3) is 0.357. The van der Waals surface area contributed by atoms with E-state index >= 15 is 0 Å². The van der Waals surface area contributed by atoms with Gasteiger partial charge in [0, 0.05) is 18.2 Å². The van der Waals surface area contributed by atoms with Gasteiger partial charge in [0.2, 0.25) is 0 Å². The lowest BCUT2D eigenvalue weighted by Crippen LogP contribution is -2.02. The Labute approximate surface area is 107 Å². The average Bonchev–Trinajstić information content (AvgIpc) is 2.78. The highest BCUT2D eigenvalue weighted by Crippen LogP contribution is 2.15. The Balaban J connectivity index is 2.03. The lowest BCUT2D eigenvalue weighted by Gasteiger charge is -2.00. The summed E-state index contributed by atoms with van der Waals surface area (Å²) in [7, 11) is 0. The van der Waals surface area contributed by atoms with E-state index in [1.807, 2.05) is 0 Å². The number of aromatic nitrogens is 1. The van der Waals surface area contributed by atoms with Crippen molar-refractivity contribution in [2.24, 2.45) is 5.73 Å². The quantitative estimate of drug-likeness (QED) is 0.881. The Morgan fingerprint density at radius 2 is 1.88 bits per heavy atom. The van der Waals surface area contributed by atoms with Gasteiger partial charge in [-0.05, 0) is 24.1 Å². The number of rotatable bonds is 5. The van der Waals surface area contributed by atoms with Crippen molar-refractivity contribution in [3.63, 3.8) is 0 Å². The summed E-state index contributed by atoms with van der Waals surface area (Å²) >= 11 is 1.73. The number of aryl methyl sites for hydroxylation is 1. The first kappa shape index (κ1) is 12.3. The third kappa shape index (κ3) is 3.38. The molecule has 0 atom stereocenters. The van der Waals surface area contributed by atoms with Crippen LogP contribution in [0.5, 0.6) is 0 Å². The van der Waals surface area contributed by atoms with Gasteiger partial charge >= 0.3 is 0 Å². The molecule has 0 aliphatic heterocycles. The smallest absolute Gasteiger partial charge is 0.0972 e. The van der Waals surface area contributed by atoms with Gasteiger partial charge in [-0.25, -0.2) is 4.98 Å². The molecule has 0 unspecified atom stereocenters. The van der Waals surface area contributed by atoms with Gasteiger partial charge in [-0.1, -0.05) is 31.2 Å². The lowest BCUT2D eigenvalue weighted by molar-refractivity contribution is 0.922. The maximum atomic E-state index is 5.52. The third-order valence-electron chi connectivity index (χ3n) is 2.79. The van der Waals surface area contributed by atoms with Crippen LogP contribution in [0.25, 0.3) is 0 Å². The van der Waals surface area contributed by atoms with Crippen LogP contribution in [-0.4, -0.2) is 11.5 Å². The van der Waals surface area contributed by atoms with Crippen molar-refractivity contribution >= 4 is 11.3 Å². The Hall–Kier alpha value is -1.19. The number of hydrogen-bond acceptors (Lipinski definition) is 3. The second-order valence-electron chi connectivity index (χ2n) is 4.12. The summed E-state index contributed by atoms with van der Waals surface area (Å²) in [6.45, 7) is 2.85. The van der Waals surface area contributed by atoms with Crippen LogP contribution in [0.2, 0.25) is 0 Å². The standard InChI is InChI=1S/C14H18N2S/c1-2-11-3-5-12(6-4-11)9-14-16-13(7-8-15)10-17-14/h3-6,10H,2,7-9,15H2,1H3. The molecular weight excluding hydrogens is 228 g/mol. The Morgan fingerprint density at radius 1 is 1.18 bits per heavy atom. The second-order valence-corrected chi connectivity index (χ2v) is 5.06. The van der Waals surface area contributed by atoms with Crippen molar-refractivity contribution in [2.75, 3.05) is 6.54 Å². The first-order valence-electron chi connectivity index (χ1n) is 6.03. The third-order valence-corrected chi connectivity index (χ3v) is 3.68. The molecular formula is C14H18N2S. The van der Waals surface area contributed by atoms with Crippen LogP contribution in [0.1, 0.15) is 28.8 Å². The van der Waals surface area contributed by atoms with Gasteiger partial charge in [-0.15, -0.1) is 11.3 Å². The average molecular weight is 246 g/mol. The molecule has 2 aromatic rings. The maximum absolute atomic E-state index is 5.52. The van der Waals surface area contributed by atoms with E-state index in [9.17, 15) is 0 Å². The van der Waals surface area contributed by atoms with Crippen molar-refractivity contribution in [3.8, 4) is 0 Å². The first-order chi connectivity index (χ1) is 8.31. The van der Waals surface area contributed by atoms with Crippen molar-refractivity contribution in [2.45, 2.75) is 26.2 Å². The summed E-state index contributed by atoms with van der Waals surface area (Å²) in [6.07, 6.45) is 2.91. The number of thiazole rings is 1. The van der Waals surface area contributed by atoms with Crippen molar-refractivity contribution < 1.29 is 0 Å². The first-order valence-corrected chi connectivity index (χ1v) is 6.91. The van der Waals surface area contributed by atoms with Crippen molar-refractivity contribution in [1.82, 2.24) is 4.98 Å². The molecule has 1 aromatic carbocycles. The summed E-state index contributed by atoms with van der Waals surface area (Å²) in [5.74, 6) is 0. The summed E-state index contributed by atoms with van der Waals surface area (Å²) < 4.78 is 0. The summed E-state index contributed by atoms with van der Waals surface area (Å²) in [5, 5.41) is 3.29. The summed E-state index contributed by atoms with van der Waals surface area (Å²) in [6, 6.07) is 8.79. The molecule has 3 heteroatoms. The zero-order valence-electron chi connectivity index (χ0n) is 10.1. The van der Waals surface area contributed by atoms with E-state index in [1.54, 1.807) is 11.3 Å². The van der Waals surface area contributed by atoms with Crippen LogP contribution in [-0.2, 0) is 19.3 Å². The number of hydrogen-bond donors (Lipinski definition) is 1. The normalized spacial score (nSPS) is 10.7. The van der Waals surface area contributed by atoms with E-state index in [4.69, 9.17) is 5.73 Å². The molecule has 0 amide bonds. The topological polar surface area (TPSA) is 38.9 Å². The van der Waals surface area contributed by atoms with E-state index in [0.29, 0.717) is 6.54 Å². The maximum Gasteiger partial charge on any atom is 0.0972 e. The number of benzene rings is 1. The zero-order chi connectivity index (χ0) is 12.1. The van der Waals surface area contributed by atoms with E-state index in [2.05, 4.69) is 41.6 Å². The number of nitrogens with zero attached hydrogens (tertiary/aromatic N) is 1. The van der Waals surface area contributed by atoms with Gasteiger partial charge in [-0.2, -0.15) is 0 Å².